The number of halogens is 1. The van der Waals surface area contributed by atoms with Gasteiger partial charge in [0.05, 0.1) is 18.0 Å². The molecule has 6 nitrogen and oxygen atoms in total. The van der Waals surface area contributed by atoms with Crippen LogP contribution in [0.4, 0.5) is 10.2 Å². The molecule has 0 unspecified atom stereocenters. The van der Waals surface area contributed by atoms with Gasteiger partial charge in [0.2, 0.25) is 0 Å². The van der Waals surface area contributed by atoms with E-state index in [9.17, 15) is 4.39 Å². The van der Waals surface area contributed by atoms with Crippen LogP contribution in [0.2, 0.25) is 0 Å². The van der Waals surface area contributed by atoms with Crippen molar-refractivity contribution >= 4 is 16.7 Å². The van der Waals surface area contributed by atoms with Gasteiger partial charge in [-0.2, -0.15) is 0 Å². The number of anilines is 1. The van der Waals surface area contributed by atoms with E-state index in [0.29, 0.717) is 35.7 Å². The Morgan fingerprint density at radius 1 is 1.09 bits per heavy atom. The second kappa shape index (κ2) is 8.15. The summed E-state index contributed by atoms with van der Waals surface area (Å²) in [5.41, 5.74) is 3.72. The molecule has 4 heterocycles. The highest BCUT2D eigenvalue weighted by atomic mass is 19.1. The van der Waals surface area contributed by atoms with Crippen molar-refractivity contribution in [3.8, 4) is 17.0 Å². The van der Waals surface area contributed by atoms with Crippen LogP contribution in [0.5, 0.6) is 5.75 Å². The second-order valence-corrected chi connectivity index (χ2v) is 8.32. The first-order valence-corrected chi connectivity index (χ1v) is 10.8. The monoisotopic (exact) mass is 429 g/mol. The molecule has 0 fully saturated rings. The van der Waals surface area contributed by atoms with Crippen LogP contribution in [-0.2, 0) is 11.8 Å². The summed E-state index contributed by atoms with van der Waals surface area (Å²) in [5, 5.41) is 4.19. The lowest BCUT2D eigenvalue weighted by Crippen LogP contribution is -2.31. The molecule has 162 valence electrons. The molecule has 32 heavy (non-hydrogen) atoms. The van der Waals surface area contributed by atoms with Crippen LogP contribution < -0.4 is 10.1 Å². The normalized spacial score (nSPS) is 14.6. The molecule has 0 saturated carbocycles. The second-order valence-electron chi connectivity index (χ2n) is 8.32. The smallest absolute Gasteiger partial charge is 0.150 e. The molecule has 0 spiro atoms. The Labute approximate surface area is 185 Å². The van der Waals surface area contributed by atoms with Crippen molar-refractivity contribution < 1.29 is 9.13 Å². The highest BCUT2D eigenvalue weighted by molar-refractivity contribution is 5.84. The molecule has 1 aliphatic rings. The van der Waals surface area contributed by atoms with E-state index in [1.165, 1.54) is 12.4 Å². The third-order valence-electron chi connectivity index (χ3n) is 6.28. The van der Waals surface area contributed by atoms with Crippen molar-refractivity contribution in [1.29, 1.82) is 0 Å². The Kier molecular flexibility index (Phi) is 5.17. The van der Waals surface area contributed by atoms with Crippen LogP contribution in [0.15, 0.2) is 55.1 Å². The molecular weight excluding hydrogens is 405 g/mol. The average Bonchev–Trinajstić information content (AvgIpc) is 3.32. The first kappa shape index (κ1) is 20.3. The fourth-order valence-electron chi connectivity index (χ4n) is 4.16. The van der Waals surface area contributed by atoms with Crippen LogP contribution in [-0.4, -0.2) is 33.1 Å². The Morgan fingerprint density at radius 3 is 2.88 bits per heavy atom. The number of hydrogen-bond acceptors (Lipinski definition) is 6. The third-order valence-corrected chi connectivity index (χ3v) is 6.28. The van der Waals surface area contributed by atoms with E-state index < -0.39 is 0 Å². The Balaban J connectivity index is 1.41. The van der Waals surface area contributed by atoms with Crippen LogP contribution in [0.25, 0.3) is 22.2 Å². The molecule has 3 aromatic heterocycles. The highest BCUT2D eigenvalue weighted by Gasteiger charge is 2.31. The quantitative estimate of drug-likeness (QED) is 0.468. The van der Waals surface area contributed by atoms with Gasteiger partial charge in [-0.05, 0) is 30.7 Å². The van der Waals surface area contributed by atoms with Crippen molar-refractivity contribution in [3.05, 3.63) is 72.2 Å². The van der Waals surface area contributed by atoms with Gasteiger partial charge in [-0.15, -0.1) is 0 Å². The fraction of sp³-hybridized carbons (Fsp3) is 0.280. The number of hydrogen-bond donors (Lipinski definition) is 1. The van der Waals surface area contributed by atoms with Crippen LogP contribution in [0.1, 0.15) is 31.5 Å². The van der Waals surface area contributed by atoms with Gasteiger partial charge in [0.1, 0.15) is 29.2 Å². The van der Waals surface area contributed by atoms with Crippen LogP contribution in [0.3, 0.4) is 0 Å². The molecule has 7 heteroatoms. The van der Waals surface area contributed by atoms with Crippen molar-refractivity contribution in [1.82, 2.24) is 19.9 Å². The van der Waals surface area contributed by atoms with E-state index in [1.807, 2.05) is 30.5 Å². The Bertz CT molecular complexity index is 1290. The SMILES string of the molecule is CC[C@](C)(CNc1cc(-c2cc(F)c3ncccc3c2)ncn1)c1ccnc2c1OCC2. The topological polar surface area (TPSA) is 72.8 Å². The van der Waals surface area contributed by atoms with Crippen LogP contribution >= 0.6 is 0 Å². The van der Waals surface area contributed by atoms with E-state index in [0.717, 1.165) is 35.2 Å². The molecule has 0 saturated heterocycles. The van der Waals surface area contributed by atoms with E-state index in [-0.39, 0.29) is 11.2 Å². The molecule has 0 bridgehead atoms. The number of pyridine rings is 2. The highest BCUT2D eigenvalue weighted by Crippen LogP contribution is 2.38. The maximum atomic E-state index is 14.5. The number of ether oxygens (including phenoxy) is 1. The van der Waals surface area contributed by atoms with Gasteiger partial charge in [0.25, 0.3) is 0 Å². The largest absolute Gasteiger partial charge is 0.491 e. The summed E-state index contributed by atoms with van der Waals surface area (Å²) in [7, 11) is 0. The van der Waals surface area contributed by atoms with E-state index in [4.69, 9.17) is 4.74 Å². The standard InChI is InChI=1S/C25H24FN5O/c1-3-25(2,18-6-9-27-20-7-10-32-24(18)20)14-29-22-13-21(30-15-31-22)17-11-16-5-4-8-28-23(16)19(26)12-17/h4-6,8-9,11-13,15H,3,7,10,14H2,1-2H3,(H,29,30,31)/t25-/m1/s1. The molecule has 4 aromatic rings. The number of nitrogens with one attached hydrogen (secondary N) is 1. The summed E-state index contributed by atoms with van der Waals surface area (Å²) in [6.07, 6.45) is 6.72. The molecule has 1 aromatic carbocycles. The van der Waals surface area contributed by atoms with Gasteiger partial charge >= 0.3 is 0 Å². The molecule has 1 aliphatic heterocycles. The summed E-state index contributed by atoms with van der Waals surface area (Å²) in [5.74, 6) is 1.24. The van der Waals surface area contributed by atoms with Crippen molar-refractivity contribution in [2.24, 2.45) is 0 Å². The molecule has 0 amide bonds. The summed E-state index contributed by atoms with van der Waals surface area (Å²) in [4.78, 5) is 17.3. The maximum Gasteiger partial charge on any atom is 0.150 e. The lowest BCUT2D eigenvalue weighted by molar-refractivity contribution is 0.341. The first-order chi connectivity index (χ1) is 15.6. The maximum absolute atomic E-state index is 14.5. The molecule has 1 atom stereocenters. The van der Waals surface area contributed by atoms with Crippen LogP contribution in [0, 0.1) is 5.82 Å². The van der Waals surface area contributed by atoms with Crippen molar-refractivity contribution in [2.45, 2.75) is 32.1 Å². The van der Waals surface area contributed by atoms with Gasteiger partial charge in [-0.25, -0.2) is 14.4 Å². The number of aromatic nitrogens is 4. The van der Waals surface area contributed by atoms with Gasteiger partial charge in [0.15, 0.2) is 0 Å². The average molecular weight is 429 g/mol. The third kappa shape index (κ3) is 3.64. The van der Waals surface area contributed by atoms with Gasteiger partial charge in [-0.3, -0.25) is 9.97 Å². The molecule has 1 N–H and O–H groups in total. The number of fused-ring (bicyclic) bond motifs is 2. The Hall–Kier alpha value is -3.61. The zero-order valence-corrected chi connectivity index (χ0v) is 18.1. The zero-order chi connectivity index (χ0) is 22.1. The minimum absolute atomic E-state index is 0.163. The predicted octanol–water partition coefficient (Wildman–Crippen LogP) is 4.94. The van der Waals surface area contributed by atoms with Crippen molar-refractivity contribution in [2.75, 3.05) is 18.5 Å². The summed E-state index contributed by atoms with van der Waals surface area (Å²) in [6, 6.07) is 10.9. The van der Waals surface area contributed by atoms with E-state index >= 15 is 0 Å². The lowest BCUT2D eigenvalue weighted by atomic mass is 9.79. The van der Waals surface area contributed by atoms with Gasteiger partial charge < -0.3 is 10.1 Å². The minimum atomic E-state index is -0.365. The number of benzene rings is 1. The predicted molar refractivity (Wildman–Crippen MR) is 122 cm³/mol. The Morgan fingerprint density at radius 2 is 2.00 bits per heavy atom. The lowest BCUT2D eigenvalue weighted by Gasteiger charge is -2.30. The minimum Gasteiger partial charge on any atom is -0.491 e. The zero-order valence-electron chi connectivity index (χ0n) is 18.1. The van der Waals surface area contributed by atoms with E-state index in [1.54, 1.807) is 12.3 Å². The van der Waals surface area contributed by atoms with Crippen molar-refractivity contribution in [3.63, 3.8) is 0 Å². The summed E-state index contributed by atoms with van der Waals surface area (Å²) < 4.78 is 20.4. The number of rotatable bonds is 6. The molecule has 5 rings (SSSR count). The van der Waals surface area contributed by atoms with E-state index in [2.05, 4.69) is 39.1 Å². The van der Waals surface area contributed by atoms with Gasteiger partial charge in [-0.1, -0.05) is 19.9 Å². The summed E-state index contributed by atoms with van der Waals surface area (Å²) >= 11 is 0. The fourth-order valence-corrected chi connectivity index (χ4v) is 4.16. The van der Waals surface area contributed by atoms with Gasteiger partial charge in [0, 0.05) is 53.4 Å². The summed E-state index contributed by atoms with van der Waals surface area (Å²) in [6.45, 7) is 5.72. The molecule has 0 aliphatic carbocycles. The molecule has 0 radical (unpaired) electrons. The number of nitrogens with zero attached hydrogens (tertiary/aromatic N) is 4. The first-order valence-electron chi connectivity index (χ1n) is 10.8. The molecular formula is C25H24FN5O.